The number of H-pyrrole nitrogens is 1. The number of aromatic nitrogens is 1. The average Bonchev–Trinajstić information content (AvgIpc) is 2.96. The molecule has 2 aromatic carbocycles. The van der Waals surface area contributed by atoms with Crippen molar-refractivity contribution >= 4 is 34.4 Å². The van der Waals surface area contributed by atoms with Gasteiger partial charge in [-0.2, -0.15) is 0 Å². The highest BCUT2D eigenvalue weighted by Crippen LogP contribution is 2.23. The number of carboxylic acids is 1. The van der Waals surface area contributed by atoms with Crippen molar-refractivity contribution in [2.24, 2.45) is 0 Å². The molecule has 6 heteroatoms. The highest BCUT2D eigenvalue weighted by Gasteiger charge is 2.22. The lowest BCUT2D eigenvalue weighted by molar-refractivity contribution is -0.139. The van der Waals surface area contributed by atoms with E-state index in [1.807, 2.05) is 6.07 Å². The first-order valence-electron chi connectivity index (χ1n) is 7.39. The lowest BCUT2D eigenvalue weighted by Crippen LogP contribution is -2.42. The third-order valence-electron chi connectivity index (χ3n) is 3.79. The molecule has 1 aromatic heterocycles. The molecule has 0 saturated heterocycles. The van der Waals surface area contributed by atoms with Crippen molar-refractivity contribution in [3.8, 4) is 0 Å². The van der Waals surface area contributed by atoms with Gasteiger partial charge >= 0.3 is 5.97 Å². The van der Waals surface area contributed by atoms with E-state index in [4.69, 9.17) is 11.6 Å². The van der Waals surface area contributed by atoms with Crippen LogP contribution in [-0.4, -0.2) is 28.0 Å². The third kappa shape index (κ3) is 3.41. The number of fused-ring (bicyclic) bond motifs is 1. The number of benzene rings is 2. The molecule has 3 N–H and O–H groups in total. The molecule has 0 saturated carbocycles. The number of carbonyl (C=O) groups excluding carboxylic acids is 1. The van der Waals surface area contributed by atoms with Crippen LogP contribution in [0.4, 0.5) is 0 Å². The van der Waals surface area contributed by atoms with Crippen LogP contribution in [0.15, 0.2) is 54.7 Å². The Morgan fingerprint density at radius 3 is 2.62 bits per heavy atom. The second-order valence-electron chi connectivity index (χ2n) is 5.44. The van der Waals surface area contributed by atoms with Crippen LogP contribution in [0.1, 0.15) is 15.9 Å². The van der Waals surface area contributed by atoms with Crippen LogP contribution in [0.2, 0.25) is 5.02 Å². The normalized spacial score (nSPS) is 12.0. The highest BCUT2D eigenvalue weighted by atomic mass is 35.5. The molecule has 3 rings (SSSR count). The van der Waals surface area contributed by atoms with Crippen molar-refractivity contribution in [3.63, 3.8) is 0 Å². The van der Waals surface area contributed by atoms with E-state index in [1.165, 1.54) is 0 Å². The van der Waals surface area contributed by atoms with E-state index in [0.29, 0.717) is 10.6 Å². The Morgan fingerprint density at radius 2 is 1.92 bits per heavy atom. The number of amides is 1. The Labute approximate surface area is 143 Å². The Balaban J connectivity index is 1.81. The maximum atomic E-state index is 12.2. The number of hydrogen-bond donors (Lipinski definition) is 3. The number of nitrogens with one attached hydrogen (secondary N) is 2. The average molecular weight is 343 g/mol. The van der Waals surface area contributed by atoms with E-state index in [9.17, 15) is 14.7 Å². The van der Waals surface area contributed by atoms with E-state index in [0.717, 1.165) is 16.5 Å². The van der Waals surface area contributed by atoms with Gasteiger partial charge in [-0.3, -0.25) is 4.79 Å². The van der Waals surface area contributed by atoms with E-state index in [2.05, 4.69) is 10.3 Å². The zero-order valence-corrected chi connectivity index (χ0v) is 13.4. The summed E-state index contributed by atoms with van der Waals surface area (Å²) in [5.41, 5.74) is 2.06. The molecule has 1 atom stereocenters. The molecule has 0 radical (unpaired) electrons. The van der Waals surface area contributed by atoms with Gasteiger partial charge in [-0.25, -0.2) is 4.79 Å². The molecule has 0 fully saturated rings. The Kier molecular flexibility index (Phi) is 4.53. The van der Waals surface area contributed by atoms with Gasteiger partial charge in [-0.1, -0.05) is 35.9 Å². The van der Waals surface area contributed by atoms with Crippen molar-refractivity contribution in [2.45, 2.75) is 12.5 Å². The summed E-state index contributed by atoms with van der Waals surface area (Å²) in [6, 6.07) is 12.9. The van der Waals surface area contributed by atoms with E-state index >= 15 is 0 Å². The van der Waals surface area contributed by atoms with Crippen LogP contribution in [0.25, 0.3) is 10.9 Å². The number of carboxylic acid groups (broad SMARTS) is 1. The summed E-state index contributed by atoms with van der Waals surface area (Å²) in [6.07, 6.45) is 1.92. The molecule has 1 heterocycles. The third-order valence-corrected chi connectivity index (χ3v) is 4.03. The topological polar surface area (TPSA) is 82.2 Å². The fraction of sp³-hybridized carbons (Fsp3) is 0.111. The molecule has 122 valence electrons. The lowest BCUT2D eigenvalue weighted by Gasteiger charge is -2.14. The van der Waals surface area contributed by atoms with Crippen LogP contribution in [0, 0.1) is 0 Å². The zero-order valence-electron chi connectivity index (χ0n) is 12.6. The fourth-order valence-corrected chi connectivity index (χ4v) is 2.75. The maximum Gasteiger partial charge on any atom is 0.326 e. The van der Waals surface area contributed by atoms with Crippen molar-refractivity contribution in [1.82, 2.24) is 10.3 Å². The number of hydrogen-bond acceptors (Lipinski definition) is 2. The van der Waals surface area contributed by atoms with Crippen LogP contribution in [0.3, 0.4) is 0 Å². The molecule has 3 aromatic rings. The number of carbonyl (C=O) groups is 2. The first-order chi connectivity index (χ1) is 11.5. The lowest BCUT2D eigenvalue weighted by atomic mass is 10.0. The van der Waals surface area contributed by atoms with Crippen LogP contribution < -0.4 is 5.32 Å². The monoisotopic (exact) mass is 342 g/mol. The van der Waals surface area contributed by atoms with Gasteiger partial charge in [0.25, 0.3) is 5.91 Å². The number of aliphatic carboxylic acids is 1. The van der Waals surface area contributed by atoms with Crippen LogP contribution in [-0.2, 0) is 11.2 Å². The van der Waals surface area contributed by atoms with Gasteiger partial charge in [0.1, 0.15) is 6.04 Å². The summed E-state index contributed by atoms with van der Waals surface area (Å²) < 4.78 is 0. The summed E-state index contributed by atoms with van der Waals surface area (Å²) in [6.45, 7) is 0. The Bertz CT molecular complexity index is 890. The van der Waals surface area contributed by atoms with Gasteiger partial charge in [0.05, 0.1) is 0 Å². The standard InChI is InChI=1S/C18H15ClN2O3/c19-13-6-7-14-12(10-20-15(14)9-13)8-16(18(23)24)21-17(22)11-4-2-1-3-5-11/h1-7,9-10,16,20H,8H2,(H,21,22)(H,23,24)/t16-/m0/s1. The summed E-state index contributed by atoms with van der Waals surface area (Å²) in [7, 11) is 0. The molecule has 0 spiro atoms. The largest absolute Gasteiger partial charge is 0.480 e. The molecule has 0 aliphatic heterocycles. The highest BCUT2D eigenvalue weighted by molar-refractivity contribution is 6.31. The number of rotatable bonds is 5. The van der Waals surface area contributed by atoms with Gasteiger partial charge in [-0.05, 0) is 29.8 Å². The van der Waals surface area contributed by atoms with Gasteiger partial charge in [0, 0.05) is 34.1 Å². The first-order valence-corrected chi connectivity index (χ1v) is 7.76. The minimum Gasteiger partial charge on any atom is -0.480 e. The molecule has 0 aliphatic rings. The van der Waals surface area contributed by atoms with Gasteiger partial charge in [0.2, 0.25) is 0 Å². The van der Waals surface area contributed by atoms with E-state index < -0.39 is 17.9 Å². The fourth-order valence-electron chi connectivity index (χ4n) is 2.58. The minimum atomic E-state index is -1.08. The summed E-state index contributed by atoms with van der Waals surface area (Å²) >= 11 is 5.95. The second kappa shape index (κ2) is 6.76. The van der Waals surface area contributed by atoms with Gasteiger partial charge in [0.15, 0.2) is 0 Å². The van der Waals surface area contributed by atoms with E-state index in [-0.39, 0.29) is 6.42 Å². The Morgan fingerprint density at radius 1 is 1.17 bits per heavy atom. The summed E-state index contributed by atoms with van der Waals surface area (Å²) in [5.74, 6) is -1.49. The van der Waals surface area contributed by atoms with Crippen LogP contribution >= 0.6 is 11.6 Å². The van der Waals surface area contributed by atoms with Crippen LogP contribution in [0.5, 0.6) is 0 Å². The van der Waals surface area contributed by atoms with Gasteiger partial charge < -0.3 is 15.4 Å². The number of aromatic amines is 1. The molecule has 0 unspecified atom stereocenters. The molecule has 0 bridgehead atoms. The molecule has 5 nitrogen and oxygen atoms in total. The van der Waals surface area contributed by atoms with Gasteiger partial charge in [-0.15, -0.1) is 0 Å². The first kappa shape index (κ1) is 16.1. The minimum absolute atomic E-state index is 0.176. The molecule has 24 heavy (non-hydrogen) atoms. The predicted octanol–water partition coefficient (Wildman–Crippen LogP) is 3.25. The second-order valence-corrected chi connectivity index (χ2v) is 5.87. The molecule has 0 aliphatic carbocycles. The van der Waals surface area contributed by atoms with Crippen molar-refractivity contribution < 1.29 is 14.7 Å². The summed E-state index contributed by atoms with van der Waals surface area (Å²) in [5, 5.41) is 13.5. The molecular formula is C18H15ClN2O3. The Hall–Kier alpha value is -2.79. The zero-order chi connectivity index (χ0) is 17.1. The molecule has 1 amide bonds. The van der Waals surface area contributed by atoms with Crippen molar-refractivity contribution in [1.29, 1.82) is 0 Å². The quantitative estimate of drug-likeness (QED) is 0.665. The molecular weight excluding hydrogens is 328 g/mol. The smallest absolute Gasteiger partial charge is 0.326 e. The summed E-state index contributed by atoms with van der Waals surface area (Å²) in [4.78, 5) is 26.8. The number of halogens is 1. The van der Waals surface area contributed by atoms with Crippen molar-refractivity contribution in [3.05, 3.63) is 70.9 Å². The predicted molar refractivity (Wildman–Crippen MR) is 92.3 cm³/mol. The SMILES string of the molecule is O=C(N[C@@H](Cc1c[nH]c2cc(Cl)ccc12)C(=O)O)c1ccccc1. The van der Waals surface area contributed by atoms with E-state index in [1.54, 1.807) is 48.7 Å². The van der Waals surface area contributed by atoms with Crippen molar-refractivity contribution in [2.75, 3.05) is 0 Å². The maximum absolute atomic E-state index is 12.2.